The molecule has 3 unspecified atom stereocenters. The Morgan fingerprint density at radius 3 is 2.23 bits per heavy atom. The summed E-state index contributed by atoms with van der Waals surface area (Å²) in [5.74, 6) is -1.17. The molecule has 8 heteroatoms. The summed E-state index contributed by atoms with van der Waals surface area (Å²) in [5.41, 5.74) is 1.07. The summed E-state index contributed by atoms with van der Waals surface area (Å²) in [7, 11) is 0. The molecule has 0 aliphatic rings. The van der Waals surface area contributed by atoms with Crippen LogP contribution in [0.15, 0.2) is 48.5 Å². The zero-order valence-electron chi connectivity index (χ0n) is 24.4. The van der Waals surface area contributed by atoms with Gasteiger partial charge < -0.3 is 25.4 Å². The maximum atomic E-state index is 14.3. The van der Waals surface area contributed by atoms with Crippen molar-refractivity contribution in [1.29, 1.82) is 0 Å². The topological polar surface area (TPSA) is 108 Å². The highest BCUT2D eigenvalue weighted by molar-refractivity contribution is 5.99. The lowest BCUT2D eigenvalue weighted by molar-refractivity contribution is -0.142. The number of nitrogens with one attached hydrogen (secondary N) is 2. The van der Waals surface area contributed by atoms with E-state index in [1.54, 1.807) is 45.0 Å². The van der Waals surface area contributed by atoms with Crippen LogP contribution in [0.3, 0.4) is 0 Å². The predicted octanol–water partition coefficient (Wildman–Crippen LogP) is 6.34. The second-order valence-electron chi connectivity index (χ2n) is 11.0. The van der Waals surface area contributed by atoms with Gasteiger partial charge in [-0.15, -0.1) is 0 Å². The highest BCUT2D eigenvalue weighted by Crippen LogP contribution is 2.32. The number of para-hydroxylation sites is 2. The Morgan fingerprint density at radius 2 is 1.64 bits per heavy atom. The maximum absolute atomic E-state index is 14.3. The minimum absolute atomic E-state index is 0.0871. The fourth-order valence-corrected chi connectivity index (χ4v) is 4.28. The van der Waals surface area contributed by atoms with Gasteiger partial charge in [0.25, 0.3) is 5.91 Å². The van der Waals surface area contributed by atoms with Gasteiger partial charge in [-0.25, -0.2) is 4.79 Å². The summed E-state index contributed by atoms with van der Waals surface area (Å²) >= 11 is 0. The van der Waals surface area contributed by atoms with Crippen LogP contribution in [0.5, 0.6) is 5.75 Å². The van der Waals surface area contributed by atoms with E-state index in [4.69, 9.17) is 4.74 Å². The summed E-state index contributed by atoms with van der Waals surface area (Å²) in [6.07, 6.45) is 2.35. The third kappa shape index (κ3) is 9.30. The smallest absolute Gasteiger partial charge is 0.408 e. The summed E-state index contributed by atoms with van der Waals surface area (Å²) < 4.78 is 5.46. The molecule has 3 amide bonds. The number of phenolic OH excluding ortho intramolecular Hbond substituents is 1. The van der Waals surface area contributed by atoms with Gasteiger partial charge in [0.15, 0.2) is 0 Å². The predicted molar refractivity (Wildman–Crippen MR) is 155 cm³/mol. The highest BCUT2D eigenvalue weighted by Gasteiger charge is 2.39. The van der Waals surface area contributed by atoms with Crippen molar-refractivity contribution in [1.82, 2.24) is 10.2 Å². The molecule has 0 spiro atoms. The van der Waals surface area contributed by atoms with Crippen molar-refractivity contribution in [3.8, 4) is 5.75 Å². The van der Waals surface area contributed by atoms with E-state index >= 15 is 0 Å². The molecule has 214 valence electrons. The van der Waals surface area contributed by atoms with E-state index in [0.29, 0.717) is 24.1 Å². The molecule has 0 saturated carbocycles. The summed E-state index contributed by atoms with van der Waals surface area (Å²) in [5, 5.41) is 16.5. The van der Waals surface area contributed by atoms with Crippen LogP contribution in [-0.2, 0) is 14.3 Å². The number of anilines is 1. The fourth-order valence-electron chi connectivity index (χ4n) is 4.28. The minimum atomic E-state index is -1.12. The molecular weight excluding hydrogens is 494 g/mol. The van der Waals surface area contributed by atoms with Gasteiger partial charge in [-0.2, -0.15) is 0 Å². The van der Waals surface area contributed by atoms with Crippen LogP contribution in [0.25, 0.3) is 0 Å². The molecule has 39 heavy (non-hydrogen) atoms. The fraction of sp³-hybridized carbons (Fsp3) is 0.516. The van der Waals surface area contributed by atoms with Gasteiger partial charge in [-0.3, -0.25) is 9.59 Å². The van der Waals surface area contributed by atoms with E-state index in [1.165, 1.54) is 11.0 Å². The van der Waals surface area contributed by atoms with Gasteiger partial charge in [0.2, 0.25) is 5.91 Å². The Bertz CT molecular complexity index is 1110. The normalized spacial score (nSPS) is 13.6. The first-order chi connectivity index (χ1) is 18.4. The molecule has 0 heterocycles. The number of ether oxygens (including phenoxy) is 1. The van der Waals surface area contributed by atoms with Crippen LogP contribution in [0.4, 0.5) is 10.5 Å². The summed E-state index contributed by atoms with van der Waals surface area (Å²) in [6, 6.07) is 11.9. The second-order valence-corrected chi connectivity index (χ2v) is 11.0. The molecule has 3 atom stereocenters. The average Bonchev–Trinajstić information content (AvgIpc) is 2.87. The van der Waals surface area contributed by atoms with Crippen molar-refractivity contribution in [2.45, 2.75) is 91.8 Å². The van der Waals surface area contributed by atoms with E-state index < -0.39 is 35.6 Å². The largest absolute Gasteiger partial charge is 0.508 e. The van der Waals surface area contributed by atoms with E-state index in [0.717, 1.165) is 18.4 Å². The first kappa shape index (κ1) is 31.7. The molecule has 2 rings (SSSR count). The number of hydrogen-bond donors (Lipinski definition) is 3. The average molecular weight is 540 g/mol. The number of nitrogens with zero attached hydrogens (tertiary/aromatic N) is 1. The highest BCUT2D eigenvalue weighted by atomic mass is 16.6. The molecule has 0 radical (unpaired) electrons. The maximum Gasteiger partial charge on any atom is 0.408 e. The van der Waals surface area contributed by atoms with E-state index in [2.05, 4.69) is 17.6 Å². The number of rotatable bonds is 12. The minimum Gasteiger partial charge on any atom is -0.508 e. The second kappa shape index (κ2) is 14.6. The van der Waals surface area contributed by atoms with Crippen molar-refractivity contribution in [2.24, 2.45) is 5.92 Å². The summed E-state index contributed by atoms with van der Waals surface area (Å²) in [6.45, 7) is 13.3. The monoisotopic (exact) mass is 539 g/mol. The van der Waals surface area contributed by atoms with Crippen molar-refractivity contribution < 1.29 is 24.2 Å². The number of phenols is 1. The lowest BCUT2D eigenvalue weighted by Crippen LogP contribution is -2.55. The van der Waals surface area contributed by atoms with Crippen LogP contribution in [0.1, 0.15) is 84.4 Å². The number of aromatic hydroxyl groups is 1. The van der Waals surface area contributed by atoms with E-state index in [1.807, 2.05) is 39.0 Å². The Kier molecular flexibility index (Phi) is 11.8. The van der Waals surface area contributed by atoms with Gasteiger partial charge in [0.05, 0.1) is 0 Å². The standard InChI is InChI=1S/C31H45N3O5/c1-8-10-15-20-34(29(37)26(21(3)9-2)33-30(38)39-31(5,6)7)27(23-17-12-14-19-25(23)35)28(36)32-24-18-13-11-16-22(24)4/h11-14,16-19,21,26-27,35H,8-10,15,20H2,1-7H3,(H,32,36)(H,33,38). The van der Waals surface area contributed by atoms with Gasteiger partial charge in [-0.05, 0) is 57.7 Å². The molecule has 0 aliphatic heterocycles. The van der Waals surface area contributed by atoms with Crippen molar-refractivity contribution >= 4 is 23.6 Å². The molecule has 0 saturated heterocycles. The molecule has 8 nitrogen and oxygen atoms in total. The SMILES string of the molecule is CCCCCN(C(=O)C(NC(=O)OC(C)(C)C)C(C)CC)C(C(=O)Nc1ccccc1C)c1ccccc1O. The lowest BCUT2D eigenvalue weighted by atomic mass is 9.95. The summed E-state index contributed by atoms with van der Waals surface area (Å²) in [4.78, 5) is 42.5. The molecule has 2 aromatic carbocycles. The number of unbranched alkanes of at least 4 members (excludes halogenated alkanes) is 2. The molecule has 2 aromatic rings. The lowest BCUT2D eigenvalue weighted by Gasteiger charge is -2.36. The number of amides is 3. The number of carbonyl (C=O) groups is 3. The van der Waals surface area contributed by atoms with Crippen LogP contribution in [-0.4, -0.2) is 46.1 Å². The van der Waals surface area contributed by atoms with Gasteiger partial charge in [0.1, 0.15) is 23.4 Å². The van der Waals surface area contributed by atoms with Crippen molar-refractivity contribution in [3.05, 3.63) is 59.7 Å². The molecule has 3 N–H and O–H groups in total. The van der Waals surface area contributed by atoms with Crippen molar-refractivity contribution in [3.63, 3.8) is 0 Å². The Morgan fingerprint density at radius 1 is 1.00 bits per heavy atom. The van der Waals surface area contributed by atoms with Crippen LogP contribution < -0.4 is 10.6 Å². The zero-order chi connectivity index (χ0) is 29.2. The molecular formula is C31H45N3O5. The Balaban J connectivity index is 2.58. The molecule has 0 aromatic heterocycles. The zero-order valence-corrected chi connectivity index (χ0v) is 24.4. The van der Waals surface area contributed by atoms with Crippen LogP contribution >= 0.6 is 0 Å². The van der Waals surface area contributed by atoms with Crippen LogP contribution in [0, 0.1) is 12.8 Å². The Labute approximate surface area is 233 Å². The van der Waals surface area contributed by atoms with E-state index in [9.17, 15) is 19.5 Å². The molecule has 0 aliphatic carbocycles. The molecule has 0 fully saturated rings. The first-order valence-electron chi connectivity index (χ1n) is 13.8. The van der Waals surface area contributed by atoms with Crippen LogP contribution in [0.2, 0.25) is 0 Å². The van der Waals surface area contributed by atoms with E-state index in [-0.39, 0.29) is 18.2 Å². The van der Waals surface area contributed by atoms with Crippen molar-refractivity contribution in [2.75, 3.05) is 11.9 Å². The first-order valence-corrected chi connectivity index (χ1v) is 13.8. The molecule has 0 bridgehead atoms. The van der Waals surface area contributed by atoms with Gasteiger partial charge in [0, 0.05) is 17.8 Å². The number of alkyl carbamates (subject to hydrolysis) is 1. The third-order valence-corrected chi connectivity index (χ3v) is 6.63. The Hall–Kier alpha value is -3.55. The quantitative estimate of drug-likeness (QED) is 0.273. The van der Waals surface area contributed by atoms with Gasteiger partial charge >= 0.3 is 6.09 Å². The number of benzene rings is 2. The van der Waals surface area contributed by atoms with Gasteiger partial charge in [-0.1, -0.05) is 76.4 Å². The number of hydrogen-bond acceptors (Lipinski definition) is 5. The number of aryl methyl sites for hydroxylation is 1. The third-order valence-electron chi connectivity index (χ3n) is 6.63. The number of carbonyl (C=O) groups excluding carboxylic acids is 3.